The van der Waals surface area contributed by atoms with Crippen molar-refractivity contribution in [2.45, 2.75) is 18.9 Å². The van der Waals surface area contributed by atoms with Gasteiger partial charge in [0.15, 0.2) is 0 Å². The van der Waals surface area contributed by atoms with Gasteiger partial charge < -0.3 is 15.1 Å². The second kappa shape index (κ2) is 5.50. The number of hydrogen-bond acceptors (Lipinski definition) is 3. The van der Waals surface area contributed by atoms with Gasteiger partial charge in [0.2, 0.25) is 11.8 Å². The van der Waals surface area contributed by atoms with Crippen LogP contribution in [0.5, 0.6) is 0 Å². The van der Waals surface area contributed by atoms with Gasteiger partial charge >= 0.3 is 0 Å². The molecule has 0 bridgehead atoms. The Hall–Kier alpha value is -0.810. The second-order valence-electron chi connectivity index (χ2n) is 4.24. The fourth-order valence-electron chi connectivity index (χ4n) is 1.90. The fourth-order valence-corrected chi connectivity index (χ4v) is 1.90. The molecular formula is C10H18ClN3O2. The number of nitrogens with one attached hydrogen (secondary N) is 1. The number of carbonyl (C=O) groups is 2. The van der Waals surface area contributed by atoms with E-state index in [9.17, 15) is 9.59 Å². The van der Waals surface area contributed by atoms with E-state index in [4.69, 9.17) is 0 Å². The van der Waals surface area contributed by atoms with Crippen LogP contribution in [0, 0.1) is 0 Å². The molecule has 2 aliphatic heterocycles. The van der Waals surface area contributed by atoms with Crippen LogP contribution in [0.15, 0.2) is 0 Å². The van der Waals surface area contributed by atoms with Gasteiger partial charge in [-0.15, -0.1) is 12.4 Å². The Morgan fingerprint density at radius 1 is 1.56 bits per heavy atom. The van der Waals surface area contributed by atoms with Crippen molar-refractivity contribution in [1.29, 1.82) is 0 Å². The predicted molar refractivity (Wildman–Crippen MR) is 62.5 cm³/mol. The van der Waals surface area contributed by atoms with Gasteiger partial charge in [-0.25, -0.2) is 0 Å². The maximum Gasteiger partial charge on any atom is 0.242 e. The Labute approximate surface area is 102 Å². The molecular weight excluding hydrogens is 230 g/mol. The summed E-state index contributed by atoms with van der Waals surface area (Å²) in [4.78, 5) is 26.5. The van der Waals surface area contributed by atoms with Gasteiger partial charge in [-0.3, -0.25) is 9.59 Å². The summed E-state index contributed by atoms with van der Waals surface area (Å²) < 4.78 is 0. The first-order valence-electron chi connectivity index (χ1n) is 5.42. The maximum absolute atomic E-state index is 11.8. The number of likely N-dealkylation sites (N-methyl/N-ethyl adjacent to an activating group) is 1. The van der Waals surface area contributed by atoms with Gasteiger partial charge in [0, 0.05) is 33.1 Å². The van der Waals surface area contributed by atoms with Crippen molar-refractivity contribution in [2.75, 3.05) is 33.2 Å². The third-order valence-electron chi connectivity index (χ3n) is 3.20. The molecule has 0 unspecified atom stereocenters. The highest BCUT2D eigenvalue weighted by Gasteiger charge is 2.28. The summed E-state index contributed by atoms with van der Waals surface area (Å²) in [7, 11) is 1.81. The molecule has 92 valence electrons. The molecule has 0 aromatic carbocycles. The lowest BCUT2D eigenvalue weighted by Crippen LogP contribution is -2.58. The lowest BCUT2D eigenvalue weighted by molar-refractivity contribution is -0.139. The van der Waals surface area contributed by atoms with Gasteiger partial charge in [0.05, 0.1) is 12.6 Å². The molecule has 2 fully saturated rings. The lowest BCUT2D eigenvalue weighted by atomic mass is 10.1. The van der Waals surface area contributed by atoms with Gasteiger partial charge in [-0.1, -0.05) is 0 Å². The van der Waals surface area contributed by atoms with Crippen LogP contribution in [0.1, 0.15) is 12.8 Å². The molecule has 2 rings (SSSR count). The standard InChI is InChI=1S/C10H17N3O2.ClH/c1-12(8-5-11-6-8)10(15)7-13-4-2-3-9(13)14;/h8,11H,2-7H2,1H3;1H. The van der Waals surface area contributed by atoms with E-state index in [2.05, 4.69) is 5.32 Å². The fraction of sp³-hybridized carbons (Fsp3) is 0.800. The van der Waals surface area contributed by atoms with Crippen molar-refractivity contribution >= 4 is 24.2 Å². The first-order chi connectivity index (χ1) is 7.18. The molecule has 0 atom stereocenters. The van der Waals surface area contributed by atoms with Crippen LogP contribution in [0.4, 0.5) is 0 Å². The molecule has 1 N–H and O–H groups in total. The molecule has 16 heavy (non-hydrogen) atoms. The summed E-state index contributed by atoms with van der Waals surface area (Å²) >= 11 is 0. The summed E-state index contributed by atoms with van der Waals surface area (Å²) in [5.74, 6) is 0.167. The van der Waals surface area contributed by atoms with Crippen molar-refractivity contribution in [2.24, 2.45) is 0 Å². The highest BCUT2D eigenvalue weighted by Crippen LogP contribution is 2.10. The second-order valence-corrected chi connectivity index (χ2v) is 4.24. The van der Waals surface area contributed by atoms with Crippen molar-refractivity contribution in [3.63, 3.8) is 0 Å². The Morgan fingerprint density at radius 3 is 2.69 bits per heavy atom. The Balaban J connectivity index is 0.00000128. The monoisotopic (exact) mass is 247 g/mol. The Kier molecular flexibility index (Phi) is 4.56. The predicted octanol–water partition coefficient (Wildman–Crippen LogP) is -0.539. The minimum atomic E-state index is 0. The van der Waals surface area contributed by atoms with Crippen molar-refractivity contribution in [3.05, 3.63) is 0 Å². The molecule has 0 aromatic heterocycles. The molecule has 0 aromatic rings. The Bertz CT molecular complexity index is 281. The smallest absolute Gasteiger partial charge is 0.242 e. The van der Waals surface area contributed by atoms with Crippen LogP contribution in [0.25, 0.3) is 0 Å². The lowest BCUT2D eigenvalue weighted by Gasteiger charge is -2.36. The highest BCUT2D eigenvalue weighted by molar-refractivity contribution is 5.86. The van der Waals surface area contributed by atoms with Gasteiger partial charge in [0.1, 0.15) is 0 Å². The third kappa shape index (κ3) is 2.65. The van der Waals surface area contributed by atoms with Crippen molar-refractivity contribution < 1.29 is 9.59 Å². The zero-order valence-corrected chi connectivity index (χ0v) is 10.3. The largest absolute Gasteiger partial charge is 0.339 e. The first kappa shape index (κ1) is 13.3. The minimum Gasteiger partial charge on any atom is -0.339 e. The molecule has 6 heteroatoms. The number of carbonyl (C=O) groups excluding carboxylic acids is 2. The molecule has 2 aliphatic rings. The summed E-state index contributed by atoms with van der Waals surface area (Å²) in [6.07, 6.45) is 1.49. The molecule has 5 nitrogen and oxygen atoms in total. The quantitative estimate of drug-likeness (QED) is 0.729. The van der Waals surface area contributed by atoms with E-state index in [0.717, 1.165) is 26.1 Å². The SMILES string of the molecule is CN(C(=O)CN1CCCC1=O)C1CNC1.Cl. The molecule has 0 saturated carbocycles. The van der Waals surface area contributed by atoms with E-state index in [-0.39, 0.29) is 30.8 Å². The van der Waals surface area contributed by atoms with Crippen molar-refractivity contribution in [3.8, 4) is 0 Å². The van der Waals surface area contributed by atoms with Gasteiger partial charge in [0.25, 0.3) is 0 Å². The first-order valence-corrected chi connectivity index (χ1v) is 5.42. The molecule has 0 spiro atoms. The van der Waals surface area contributed by atoms with E-state index in [0.29, 0.717) is 12.5 Å². The van der Waals surface area contributed by atoms with Crippen LogP contribution in [0.3, 0.4) is 0 Å². The van der Waals surface area contributed by atoms with E-state index in [1.165, 1.54) is 0 Å². The number of likely N-dealkylation sites (tertiary alicyclic amines) is 1. The third-order valence-corrected chi connectivity index (χ3v) is 3.20. The highest BCUT2D eigenvalue weighted by atomic mass is 35.5. The van der Waals surface area contributed by atoms with Crippen LogP contribution in [-0.2, 0) is 9.59 Å². The van der Waals surface area contributed by atoms with Gasteiger partial charge in [-0.2, -0.15) is 0 Å². The number of hydrogen-bond donors (Lipinski definition) is 1. The summed E-state index contributed by atoms with van der Waals surface area (Å²) in [5.41, 5.74) is 0. The van der Waals surface area contributed by atoms with Crippen LogP contribution >= 0.6 is 12.4 Å². The zero-order chi connectivity index (χ0) is 10.8. The number of amides is 2. The van der Waals surface area contributed by atoms with E-state index >= 15 is 0 Å². The normalized spacial score (nSPS) is 20.3. The zero-order valence-electron chi connectivity index (χ0n) is 9.44. The average Bonchev–Trinajstić information content (AvgIpc) is 2.49. The van der Waals surface area contributed by atoms with Crippen LogP contribution in [-0.4, -0.2) is 60.9 Å². The molecule has 0 aliphatic carbocycles. The number of nitrogens with zero attached hydrogens (tertiary/aromatic N) is 2. The van der Waals surface area contributed by atoms with Crippen LogP contribution < -0.4 is 5.32 Å². The van der Waals surface area contributed by atoms with Crippen LogP contribution in [0.2, 0.25) is 0 Å². The van der Waals surface area contributed by atoms with Gasteiger partial charge in [-0.05, 0) is 6.42 Å². The molecule has 2 heterocycles. The molecule has 0 radical (unpaired) electrons. The van der Waals surface area contributed by atoms with E-state index in [1.807, 2.05) is 7.05 Å². The molecule has 2 amide bonds. The minimum absolute atomic E-state index is 0. The Morgan fingerprint density at radius 2 is 2.25 bits per heavy atom. The topological polar surface area (TPSA) is 52.7 Å². The number of halogens is 1. The molecule has 2 saturated heterocycles. The summed E-state index contributed by atoms with van der Waals surface area (Å²) in [5, 5.41) is 3.12. The average molecular weight is 248 g/mol. The van der Waals surface area contributed by atoms with E-state index in [1.54, 1.807) is 9.80 Å². The van der Waals surface area contributed by atoms with E-state index < -0.39 is 0 Å². The van der Waals surface area contributed by atoms with Crippen molar-refractivity contribution in [1.82, 2.24) is 15.1 Å². The summed E-state index contributed by atoms with van der Waals surface area (Å²) in [6.45, 7) is 2.74. The maximum atomic E-state index is 11.8. The number of rotatable bonds is 3. The summed E-state index contributed by atoms with van der Waals surface area (Å²) in [6, 6.07) is 0.315.